The molecule has 0 spiro atoms. The average molecular weight is 430 g/mol. The fraction of sp³-hybridized carbons (Fsp3) is 0.273. The van der Waals surface area contributed by atoms with Crippen LogP contribution in [-0.2, 0) is 9.59 Å². The first-order valence-electron chi connectivity index (χ1n) is 9.58. The maximum atomic E-state index is 12.5. The monoisotopic (exact) mass is 429 g/mol. The van der Waals surface area contributed by atoms with Crippen molar-refractivity contribution in [1.82, 2.24) is 15.2 Å². The van der Waals surface area contributed by atoms with Crippen LogP contribution in [0.25, 0.3) is 10.9 Å². The van der Waals surface area contributed by atoms with Crippen LogP contribution in [0.1, 0.15) is 29.9 Å². The highest BCUT2D eigenvalue weighted by Crippen LogP contribution is 2.35. The number of carbonyl (C=O) groups excluding carboxylic acids is 2. The van der Waals surface area contributed by atoms with Crippen LogP contribution < -0.4 is 5.32 Å². The largest absolute Gasteiger partial charge is 0.361 e. The van der Waals surface area contributed by atoms with E-state index >= 15 is 0 Å². The minimum Gasteiger partial charge on any atom is -0.361 e. The van der Waals surface area contributed by atoms with E-state index < -0.39 is 0 Å². The Morgan fingerprint density at radius 2 is 2.00 bits per heavy atom. The molecule has 1 aliphatic heterocycles. The summed E-state index contributed by atoms with van der Waals surface area (Å²) < 4.78 is 0. The van der Waals surface area contributed by atoms with Crippen molar-refractivity contribution in [3.63, 3.8) is 0 Å². The quantitative estimate of drug-likeness (QED) is 0.611. The second-order valence-electron chi connectivity index (χ2n) is 7.23. The number of nitrogens with one attached hydrogen (secondary N) is 2. The minimum absolute atomic E-state index is 0.0362. The predicted octanol–water partition coefficient (Wildman–Crippen LogP) is 4.35. The highest BCUT2D eigenvalue weighted by molar-refractivity contribution is 6.35. The van der Waals surface area contributed by atoms with Crippen LogP contribution in [-0.4, -0.2) is 41.3 Å². The van der Waals surface area contributed by atoms with Crippen LogP contribution in [0, 0.1) is 0 Å². The summed E-state index contributed by atoms with van der Waals surface area (Å²) in [6.07, 6.45) is 3.28. The smallest absolute Gasteiger partial charge is 0.239 e. The zero-order valence-electron chi connectivity index (χ0n) is 15.8. The third kappa shape index (κ3) is 4.26. The fourth-order valence-electron chi connectivity index (χ4n) is 3.87. The van der Waals surface area contributed by atoms with Crippen molar-refractivity contribution < 1.29 is 9.59 Å². The number of aromatic amines is 1. The summed E-state index contributed by atoms with van der Waals surface area (Å²) in [5.74, 6) is -0.293. The summed E-state index contributed by atoms with van der Waals surface area (Å²) >= 11 is 12.6. The molecular weight excluding hydrogens is 409 g/mol. The number of amides is 2. The molecule has 0 saturated carbocycles. The van der Waals surface area contributed by atoms with E-state index in [1.54, 1.807) is 17.0 Å². The van der Waals surface area contributed by atoms with Crippen LogP contribution in [0.2, 0.25) is 10.0 Å². The number of fused-ring (bicyclic) bond motifs is 1. The standard InChI is InChI=1S/C22H21Cl2N3O2/c23-14-7-8-15(19(24)10-14)17(18-11-25-20-5-2-1-4-16(18)20)12-26-21(28)13-27-9-3-6-22(27)29/h1-2,4-5,7-8,10-11,17,25H,3,6,9,12-13H2,(H,26,28). The van der Waals surface area contributed by atoms with Crippen LogP contribution in [0.15, 0.2) is 48.7 Å². The second-order valence-corrected chi connectivity index (χ2v) is 8.07. The Morgan fingerprint density at radius 1 is 1.17 bits per heavy atom. The summed E-state index contributed by atoms with van der Waals surface area (Å²) in [5.41, 5.74) is 2.95. The van der Waals surface area contributed by atoms with Crippen molar-refractivity contribution in [2.45, 2.75) is 18.8 Å². The van der Waals surface area contributed by atoms with Gasteiger partial charge in [0.25, 0.3) is 0 Å². The number of hydrogen-bond acceptors (Lipinski definition) is 2. The van der Waals surface area contributed by atoms with E-state index in [-0.39, 0.29) is 24.3 Å². The zero-order chi connectivity index (χ0) is 20.4. The lowest BCUT2D eigenvalue weighted by Crippen LogP contribution is -2.39. The summed E-state index contributed by atoms with van der Waals surface area (Å²) in [6.45, 7) is 1.10. The van der Waals surface area contributed by atoms with E-state index in [2.05, 4.69) is 10.3 Å². The second kappa shape index (κ2) is 8.47. The molecule has 2 N–H and O–H groups in total. The van der Waals surface area contributed by atoms with Gasteiger partial charge >= 0.3 is 0 Å². The predicted molar refractivity (Wildman–Crippen MR) is 115 cm³/mol. The van der Waals surface area contributed by atoms with Crippen LogP contribution in [0.3, 0.4) is 0 Å². The first kappa shape index (κ1) is 19.8. The highest BCUT2D eigenvalue weighted by Gasteiger charge is 2.24. The summed E-state index contributed by atoms with van der Waals surface area (Å²) in [5, 5.41) is 5.18. The normalized spacial score (nSPS) is 15.1. The molecule has 5 nitrogen and oxygen atoms in total. The Balaban J connectivity index is 1.60. The van der Waals surface area contributed by atoms with E-state index in [0.717, 1.165) is 28.5 Å². The number of carbonyl (C=O) groups is 2. The number of aromatic nitrogens is 1. The first-order chi connectivity index (χ1) is 14.0. The van der Waals surface area contributed by atoms with E-state index in [1.807, 2.05) is 36.5 Å². The molecule has 1 aromatic heterocycles. The zero-order valence-corrected chi connectivity index (χ0v) is 17.3. The molecule has 2 aromatic carbocycles. The topological polar surface area (TPSA) is 65.2 Å². The van der Waals surface area contributed by atoms with Crippen LogP contribution >= 0.6 is 23.2 Å². The Morgan fingerprint density at radius 3 is 2.76 bits per heavy atom. The lowest BCUT2D eigenvalue weighted by atomic mass is 9.90. The summed E-state index contributed by atoms with van der Waals surface area (Å²) in [7, 11) is 0. The molecule has 29 heavy (non-hydrogen) atoms. The fourth-order valence-corrected chi connectivity index (χ4v) is 4.41. The van der Waals surface area contributed by atoms with Gasteiger partial charge in [0.15, 0.2) is 0 Å². The number of H-pyrrole nitrogens is 1. The Bertz CT molecular complexity index is 1060. The first-order valence-corrected chi connectivity index (χ1v) is 10.3. The molecule has 1 unspecified atom stereocenters. The van der Waals surface area contributed by atoms with Gasteiger partial charge in [0, 0.05) is 52.6 Å². The molecule has 2 amide bonds. The van der Waals surface area contributed by atoms with Gasteiger partial charge in [-0.3, -0.25) is 9.59 Å². The third-order valence-electron chi connectivity index (χ3n) is 5.34. The lowest BCUT2D eigenvalue weighted by Gasteiger charge is -2.21. The number of hydrogen-bond donors (Lipinski definition) is 2. The maximum Gasteiger partial charge on any atom is 0.239 e. The van der Waals surface area contributed by atoms with Gasteiger partial charge in [0.2, 0.25) is 11.8 Å². The van der Waals surface area contributed by atoms with E-state index in [1.165, 1.54) is 0 Å². The van der Waals surface area contributed by atoms with Crippen LogP contribution in [0.5, 0.6) is 0 Å². The SMILES string of the molecule is O=C(CN1CCCC1=O)NCC(c1ccc(Cl)cc1Cl)c1c[nH]c2ccccc12. The van der Waals surface area contributed by atoms with Crippen molar-refractivity contribution in [2.75, 3.05) is 19.6 Å². The van der Waals surface area contributed by atoms with Gasteiger partial charge in [-0.05, 0) is 35.7 Å². The molecular formula is C22H21Cl2N3O2. The maximum absolute atomic E-state index is 12.5. The minimum atomic E-state index is -0.171. The van der Waals surface area contributed by atoms with Gasteiger partial charge in [-0.15, -0.1) is 0 Å². The highest BCUT2D eigenvalue weighted by atomic mass is 35.5. The molecule has 1 saturated heterocycles. The number of halogens is 2. The van der Waals surface area contributed by atoms with Crippen molar-refractivity contribution in [3.05, 3.63) is 69.8 Å². The molecule has 150 valence electrons. The van der Waals surface area contributed by atoms with Crippen molar-refractivity contribution in [2.24, 2.45) is 0 Å². The van der Waals surface area contributed by atoms with Crippen molar-refractivity contribution in [3.8, 4) is 0 Å². The molecule has 1 fully saturated rings. The van der Waals surface area contributed by atoms with E-state index in [0.29, 0.717) is 29.6 Å². The molecule has 1 atom stereocenters. The Labute approximate surface area is 179 Å². The van der Waals surface area contributed by atoms with Crippen LogP contribution in [0.4, 0.5) is 0 Å². The number of rotatable bonds is 6. The molecule has 4 rings (SSSR count). The van der Waals surface area contributed by atoms with Gasteiger partial charge in [-0.25, -0.2) is 0 Å². The Kier molecular flexibility index (Phi) is 5.79. The van der Waals surface area contributed by atoms with Gasteiger partial charge in [-0.1, -0.05) is 47.5 Å². The van der Waals surface area contributed by atoms with Crippen molar-refractivity contribution in [1.29, 1.82) is 0 Å². The average Bonchev–Trinajstić information content (AvgIpc) is 3.30. The number of benzene rings is 2. The van der Waals surface area contributed by atoms with Crippen molar-refractivity contribution >= 4 is 45.9 Å². The number of para-hydroxylation sites is 1. The summed E-state index contributed by atoms with van der Waals surface area (Å²) in [6, 6.07) is 13.4. The molecule has 1 aliphatic rings. The Hall–Kier alpha value is -2.50. The molecule has 2 heterocycles. The van der Waals surface area contributed by atoms with Gasteiger partial charge < -0.3 is 15.2 Å². The van der Waals surface area contributed by atoms with Gasteiger partial charge in [0.1, 0.15) is 0 Å². The molecule has 7 heteroatoms. The molecule has 0 aliphatic carbocycles. The summed E-state index contributed by atoms with van der Waals surface area (Å²) in [4.78, 5) is 29.2. The molecule has 3 aromatic rings. The molecule has 0 bridgehead atoms. The number of likely N-dealkylation sites (tertiary alicyclic amines) is 1. The van der Waals surface area contributed by atoms with E-state index in [9.17, 15) is 9.59 Å². The number of nitrogens with zero attached hydrogens (tertiary/aromatic N) is 1. The third-order valence-corrected chi connectivity index (χ3v) is 5.91. The lowest BCUT2D eigenvalue weighted by molar-refractivity contribution is -0.133. The van der Waals surface area contributed by atoms with Gasteiger partial charge in [0.05, 0.1) is 6.54 Å². The van der Waals surface area contributed by atoms with E-state index in [4.69, 9.17) is 23.2 Å². The van der Waals surface area contributed by atoms with Gasteiger partial charge in [-0.2, -0.15) is 0 Å². The molecule has 0 radical (unpaired) electrons.